The molecule has 1 heterocycles. The summed E-state index contributed by atoms with van der Waals surface area (Å²) < 4.78 is 0. The number of aromatic carboxylic acids is 1. The minimum atomic E-state index is -0.984. The van der Waals surface area contributed by atoms with E-state index in [1.165, 1.54) is 6.07 Å². The lowest BCUT2D eigenvalue weighted by Crippen LogP contribution is -2.07. The number of benzene rings is 1. The average molecular weight is 277 g/mol. The molecule has 0 unspecified atom stereocenters. The van der Waals surface area contributed by atoms with Gasteiger partial charge in [-0.2, -0.15) is 0 Å². The van der Waals surface area contributed by atoms with Crippen molar-refractivity contribution in [3.8, 4) is 0 Å². The van der Waals surface area contributed by atoms with Crippen LogP contribution in [0.4, 0.5) is 5.69 Å². The van der Waals surface area contributed by atoms with Crippen molar-refractivity contribution >= 4 is 23.3 Å². The van der Waals surface area contributed by atoms with Gasteiger partial charge < -0.3 is 10.4 Å². The van der Waals surface area contributed by atoms with Gasteiger partial charge in [0.25, 0.3) is 0 Å². The number of nitrogens with one attached hydrogen (secondary N) is 1. The van der Waals surface area contributed by atoms with Gasteiger partial charge in [0.15, 0.2) is 0 Å². The number of anilines is 1. The molecule has 0 aliphatic heterocycles. The van der Waals surface area contributed by atoms with Crippen molar-refractivity contribution in [1.82, 2.24) is 4.98 Å². The van der Waals surface area contributed by atoms with Gasteiger partial charge in [0, 0.05) is 24.0 Å². The van der Waals surface area contributed by atoms with Crippen molar-refractivity contribution in [3.63, 3.8) is 0 Å². The molecule has 2 N–H and O–H groups in total. The van der Waals surface area contributed by atoms with Crippen molar-refractivity contribution in [2.45, 2.75) is 13.5 Å². The number of carboxylic acids is 1. The molecule has 0 radical (unpaired) electrons. The number of rotatable bonds is 4. The van der Waals surface area contributed by atoms with Crippen LogP contribution in [0.25, 0.3) is 0 Å². The first-order valence-corrected chi connectivity index (χ1v) is 6.12. The number of carbonyl (C=O) groups is 1. The summed E-state index contributed by atoms with van der Waals surface area (Å²) in [7, 11) is 0. The van der Waals surface area contributed by atoms with Crippen LogP contribution in [-0.4, -0.2) is 16.1 Å². The number of hydrogen-bond donors (Lipinski definition) is 2. The van der Waals surface area contributed by atoms with E-state index in [-0.39, 0.29) is 5.56 Å². The van der Waals surface area contributed by atoms with Crippen LogP contribution in [0, 0.1) is 6.92 Å². The summed E-state index contributed by atoms with van der Waals surface area (Å²) in [5.74, 6) is -0.984. The first kappa shape index (κ1) is 13.4. The van der Waals surface area contributed by atoms with E-state index in [0.717, 1.165) is 11.1 Å². The van der Waals surface area contributed by atoms with Crippen LogP contribution in [-0.2, 0) is 6.54 Å². The van der Waals surface area contributed by atoms with Crippen molar-refractivity contribution in [2.24, 2.45) is 0 Å². The van der Waals surface area contributed by atoms with E-state index in [1.54, 1.807) is 24.5 Å². The molecule has 0 fully saturated rings. The molecule has 2 aromatic rings. The summed E-state index contributed by atoms with van der Waals surface area (Å²) in [5, 5.41) is 12.7. The van der Waals surface area contributed by atoms with Gasteiger partial charge >= 0.3 is 5.97 Å². The smallest absolute Gasteiger partial charge is 0.337 e. The fourth-order valence-corrected chi connectivity index (χ4v) is 1.89. The summed E-state index contributed by atoms with van der Waals surface area (Å²) in [6.45, 7) is 2.48. The monoisotopic (exact) mass is 276 g/mol. The second-order valence-electron chi connectivity index (χ2n) is 4.15. The zero-order valence-corrected chi connectivity index (χ0v) is 11.1. The molecule has 0 saturated carbocycles. The predicted molar refractivity (Wildman–Crippen MR) is 74.7 cm³/mol. The van der Waals surface area contributed by atoms with Crippen molar-refractivity contribution in [2.75, 3.05) is 5.32 Å². The molecule has 0 spiro atoms. The number of pyridine rings is 1. The lowest BCUT2D eigenvalue weighted by Gasteiger charge is -2.11. The van der Waals surface area contributed by atoms with Gasteiger partial charge in [-0.05, 0) is 42.3 Å². The zero-order chi connectivity index (χ0) is 13.8. The fraction of sp³-hybridized carbons (Fsp3) is 0.143. The quantitative estimate of drug-likeness (QED) is 0.899. The lowest BCUT2D eigenvalue weighted by molar-refractivity contribution is 0.0698. The normalized spacial score (nSPS) is 10.2. The summed E-state index contributed by atoms with van der Waals surface area (Å²) in [4.78, 5) is 15.2. The maximum atomic E-state index is 11.1. The Kier molecular flexibility index (Phi) is 4.02. The van der Waals surface area contributed by atoms with Gasteiger partial charge in [0.1, 0.15) is 0 Å². The molecule has 0 amide bonds. The number of hydrogen-bond acceptors (Lipinski definition) is 3. The van der Waals surface area contributed by atoms with Crippen LogP contribution in [0.5, 0.6) is 0 Å². The number of nitrogens with zero attached hydrogens (tertiary/aromatic N) is 1. The van der Waals surface area contributed by atoms with Crippen LogP contribution in [0.2, 0.25) is 5.02 Å². The molecule has 98 valence electrons. The number of aryl methyl sites for hydroxylation is 1. The summed E-state index contributed by atoms with van der Waals surface area (Å²) in [6.07, 6.45) is 3.48. The molecule has 0 bridgehead atoms. The summed E-state index contributed by atoms with van der Waals surface area (Å²) in [6, 6.07) is 6.57. The van der Waals surface area contributed by atoms with E-state index in [1.807, 2.05) is 13.0 Å². The third kappa shape index (κ3) is 3.23. The topological polar surface area (TPSA) is 62.2 Å². The van der Waals surface area contributed by atoms with E-state index in [2.05, 4.69) is 10.3 Å². The highest BCUT2D eigenvalue weighted by atomic mass is 35.5. The molecule has 19 heavy (non-hydrogen) atoms. The fourth-order valence-electron chi connectivity index (χ4n) is 1.72. The molecule has 0 aliphatic rings. The van der Waals surface area contributed by atoms with Crippen molar-refractivity contribution in [3.05, 3.63) is 58.4 Å². The minimum absolute atomic E-state index is 0.200. The maximum absolute atomic E-state index is 11.1. The number of aromatic nitrogens is 1. The summed E-state index contributed by atoms with van der Waals surface area (Å²) >= 11 is 5.89. The molecular weight excluding hydrogens is 264 g/mol. The first-order chi connectivity index (χ1) is 9.08. The molecule has 5 heteroatoms. The molecule has 1 aromatic carbocycles. The number of halogens is 1. The zero-order valence-electron chi connectivity index (χ0n) is 10.4. The highest BCUT2D eigenvalue weighted by Gasteiger charge is 2.10. The minimum Gasteiger partial charge on any atom is -0.478 e. The lowest BCUT2D eigenvalue weighted by atomic mass is 10.1. The Labute approximate surface area is 116 Å². The average Bonchev–Trinajstić information content (AvgIpc) is 2.37. The van der Waals surface area contributed by atoms with Crippen LogP contribution >= 0.6 is 11.6 Å². The van der Waals surface area contributed by atoms with Crippen LogP contribution in [0.3, 0.4) is 0 Å². The number of carboxylic acid groups (broad SMARTS) is 1. The van der Waals surface area contributed by atoms with Crippen LogP contribution in [0.15, 0.2) is 36.7 Å². The van der Waals surface area contributed by atoms with E-state index in [4.69, 9.17) is 16.7 Å². The third-order valence-electron chi connectivity index (χ3n) is 2.83. The molecule has 2 rings (SSSR count). The summed E-state index contributed by atoms with van der Waals surface area (Å²) in [5.41, 5.74) is 2.81. The molecule has 0 aliphatic carbocycles. The van der Waals surface area contributed by atoms with Crippen molar-refractivity contribution < 1.29 is 9.90 Å². The molecule has 0 saturated heterocycles. The van der Waals surface area contributed by atoms with E-state index >= 15 is 0 Å². The van der Waals surface area contributed by atoms with E-state index in [0.29, 0.717) is 17.3 Å². The Bertz CT molecular complexity index is 614. The van der Waals surface area contributed by atoms with Gasteiger partial charge in [-0.3, -0.25) is 4.98 Å². The molecule has 0 atom stereocenters. The van der Waals surface area contributed by atoms with Gasteiger partial charge in [0.2, 0.25) is 0 Å². The van der Waals surface area contributed by atoms with Crippen molar-refractivity contribution in [1.29, 1.82) is 0 Å². The first-order valence-electron chi connectivity index (χ1n) is 5.74. The highest BCUT2D eigenvalue weighted by Crippen LogP contribution is 2.22. The molecular formula is C14H13ClN2O2. The van der Waals surface area contributed by atoms with Gasteiger partial charge in [-0.25, -0.2) is 4.79 Å². The Morgan fingerprint density at radius 1 is 1.42 bits per heavy atom. The van der Waals surface area contributed by atoms with E-state index < -0.39 is 5.97 Å². The molecule has 1 aromatic heterocycles. The Morgan fingerprint density at radius 2 is 2.21 bits per heavy atom. The molecule has 4 nitrogen and oxygen atoms in total. The Balaban J connectivity index is 2.22. The predicted octanol–water partition coefficient (Wildman–Crippen LogP) is 3.35. The van der Waals surface area contributed by atoms with Gasteiger partial charge in [-0.15, -0.1) is 0 Å². The second-order valence-corrected chi connectivity index (χ2v) is 4.59. The van der Waals surface area contributed by atoms with Gasteiger partial charge in [-0.1, -0.05) is 11.6 Å². The Hall–Kier alpha value is -2.07. The Morgan fingerprint density at radius 3 is 2.89 bits per heavy atom. The standard InChI is InChI=1S/C14H13ClN2O2/c1-9-4-5-16-7-10(9)8-17-13-6-11(15)2-3-12(13)14(18)19/h2-7,17H,8H2,1H3,(H,18,19). The van der Waals surface area contributed by atoms with Crippen LogP contribution in [0.1, 0.15) is 21.5 Å². The van der Waals surface area contributed by atoms with E-state index in [9.17, 15) is 4.79 Å². The highest BCUT2D eigenvalue weighted by molar-refractivity contribution is 6.31. The third-order valence-corrected chi connectivity index (χ3v) is 3.06. The second kappa shape index (κ2) is 5.71. The maximum Gasteiger partial charge on any atom is 0.337 e. The SMILES string of the molecule is Cc1ccncc1CNc1cc(Cl)ccc1C(=O)O. The van der Waals surface area contributed by atoms with Crippen LogP contribution < -0.4 is 5.32 Å². The largest absolute Gasteiger partial charge is 0.478 e. The van der Waals surface area contributed by atoms with Gasteiger partial charge in [0.05, 0.1) is 11.3 Å².